The summed E-state index contributed by atoms with van der Waals surface area (Å²) in [5, 5.41) is 8.45. The Morgan fingerprint density at radius 2 is 1.62 bits per heavy atom. The molecule has 148 valence electrons. The molecule has 0 unspecified atom stereocenters. The monoisotopic (exact) mass is 414 g/mol. The molecule has 0 bridgehead atoms. The van der Waals surface area contributed by atoms with Crippen LogP contribution in [-0.4, -0.2) is 14.7 Å². The number of aromatic nitrogens is 2. The number of rotatable bonds is 2. The number of anilines is 2. The fourth-order valence-electron chi connectivity index (χ4n) is 3.48. The number of hydrogen-bond acceptors (Lipinski definition) is 2. The van der Waals surface area contributed by atoms with Gasteiger partial charge in [0.15, 0.2) is 5.11 Å². The highest BCUT2D eigenvalue weighted by atomic mass is 32.1. The van der Waals surface area contributed by atoms with E-state index in [-0.39, 0.29) is 0 Å². The van der Waals surface area contributed by atoms with Crippen molar-refractivity contribution in [1.82, 2.24) is 9.55 Å². The van der Waals surface area contributed by atoms with Gasteiger partial charge in [-0.25, -0.2) is 0 Å². The maximum atomic E-state index is 12.7. The summed E-state index contributed by atoms with van der Waals surface area (Å²) in [5.41, 5.74) is 3.66. The number of benzene rings is 2. The Kier molecular flexibility index (Phi) is 4.66. The topological polar surface area (TPSA) is 41.9 Å². The molecular formula is C21H17F3N4S. The molecule has 0 aliphatic rings. The Labute approximate surface area is 170 Å². The fraction of sp³-hybridized carbons (Fsp3) is 0.143. The molecule has 0 atom stereocenters. The summed E-state index contributed by atoms with van der Waals surface area (Å²) in [6.45, 7) is 1.98. The number of pyridine rings is 1. The summed E-state index contributed by atoms with van der Waals surface area (Å²) in [5.74, 6) is 0. The van der Waals surface area contributed by atoms with E-state index in [0.29, 0.717) is 10.8 Å². The van der Waals surface area contributed by atoms with Crippen LogP contribution in [0, 0.1) is 6.92 Å². The Bertz CT molecular complexity index is 1230. The van der Waals surface area contributed by atoms with Gasteiger partial charge in [-0.2, -0.15) is 13.2 Å². The van der Waals surface area contributed by atoms with E-state index in [0.717, 1.165) is 45.3 Å². The van der Waals surface area contributed by atoms with Crippen LogP contribution in [0.5, 0.6) is 0 Å². The SMILES string of the molecule is Cc1nccc2c3cc(NC(=S)Nc4ccc(C(F)(F)F)cc4)ccc3n(C)c12. The first-order valence-electron chi connectivity index (χ1n) is 8.83. The molecule has 2 aromatic heterocycles. The number of nitrogens with zero attached hydrogens (tertiary/aromatic N) is 2. The quantitative estimate of drug-likeness (QED) is 0.403. The first-order valence-corrected chi connectivity index (χ1v) is 9.24. The highest BCUT2D eigenvalue weighted by Crippen LogP contribution is 2.32. The highest BCUT2D eigenvalue weighted by molar-refractivity contribution is 7.80. The Morgan fingerprint density at radius 3 is 2.31 bits per heavy atom. The molecule has 0 saturated heterocycles. The van der Waals surface area contributed by atoms with E-state index in [9.17, 15) is 13.2 Å². The molecule has 2 heterocycles. The van der Waals surface area contributed by atoms with Crippen LogP contribution in [0.15, 0.2) is 54.7 Å². The van der Waals surface area contributed by atoms with Crippen molar-refractivity contribution in [3.05, 3.63) is 66.0 Å². The lowest BCUT2D eigenvalue weighted by atomic mass is 10.1. The molecule has 0 radical (unpaired) electrons. The van der Waals surface area contributed by atoms with E-state index in [1.807, 2.05) is 38.2 Å². The van der Waals surface area contributed by atoms with Gasteiger partial charge >= 0.3 is 6.18 Å². The molecule has 0 saturated carbocycles. The zero-order chi connectivity index (χ0) is 20.8. The summed E-state index contributed by atoms with van der Waals surface area (Å²) in [6, 6.07) is 12.6. The number of aryl methyl sites for hydroxylation is 2. The molecule has 2 N–H and O–H groups in total. The third-order valence-corrected chi connectivity index (χ3v) is 5.02. The van der Waals surface area contributed by atoms with Crippen LogP contribution in [-0.2, 0) is 13.2 Å². The van der Waals surface area contributed by atoms with Gasteiger partial charge in [-0.15, -0.1) is 0 Å². The molecule has 4 aromatic rings. The van der Waals surface area contributed by atoms with Crippen molar-refractivity contribution < 1.29 is 13.2 Å². The second-order valence-corrected chi connectivity index (χ2v) is 7.15. The van der Waals surface area contributed by atoms with E-state index in [4.69, 9.17) is 12.2 Å². The first kappa shape index (κ1) is 19.2. The van der Waals surface area contributed by atoms with Crippen LogP contribution >= 0.6 is 12.2 Å². The lowest BCUT2D eigenvalue weighted by Gasteiger charge is -2.12. The number of alkyl halides is 3. The summed E-state index contributed by atoms with van der Waals surface area (Å²) in [6.07, 6.45) is -2.58. The largest absolute Gasteiger partial charge is 0.416 e. The molecule has 0 fully saturated rings. The minimum absolute atomic E-state index is 0.294. The number of nitrogens with one attached hydrogen (secondary N) is 2. The molecule has 0 spiro atoms. The van der Waals surface area contributed by atoms with Gasteiger partial charge in [-0.05, 0) is 67.7 Å². The molecular weight excluding hydrogens is 397 g/mol. The van der Waals surface area contributed by atoms with Gasteiger partial charge in [-0.1, -0.05) is 0 Å². The van der Waals surface area contributed by atoms with Crippen LogP contribution < -0.4 is 10.6 Å². The molecule has 4 nitrogen and oxygen atoms in total. The molecule has 4 rings (SSSR count). The number of halogens is 3. The van der Waals surface area contributed by atoms with Gasteiger partial charge in [0.2, 0.25) is 0 Å². The van der Waals surface area contributed by atoms with E-state index < -0.39 is 11.7 Å². The van der Waals surface area contributed by atoms with Crippen molar-refractivity contribution in [3.8, 4) is 0 Å². The third-order valence-electron chi connectivity index (χ3n) is 4.82. The molecule has 0 aliphatic carbocycles. The van der Waals surface area contributed by atoms with Crippen molar-refractivity contribution in [2.24, 2.45) is 7.05 Å². The highest BCUT2D eigenvalue weighted by Gasteiger charge is 2.29. The summed E-state index contributed by atoms with van der Waals surface area (Å²) >= 11 is 5.31. The molecule has 0 aliphatic heterocycles. The lowest BCUT2D eigenvalue weighted by Crippen LogP contribution is -2.19. The molecule has 0 amide bonds. The maximum Gasteiger partial charge on any atom is 0.416 e. The number of thiocarbonyl (C=S) groups is 1. The average molecular weight is 414 g/mol. The normalized spacial score (nSPS) is 11.8. The van der Waals surface area contributed by atoms with Crippen LogP contribution in [0.2, 0.25) is 0 Å². The zero-order valence-electron chi connectivity index (χ0n) is 15.6. The zero-order valence-corrected chi connectivity index (χ0v) is 16.4. The van der Waals surface area contributed by atoms with Crippen LogP contribution in [0.1, 0.15) is 11.3 Å². The third kappa shape index (κ3) is 3.63. The summed E-state index contributed by atoms with van der Waals surface area (Å²) < 4.78 is 40.1. The van der Waals surface area contributed by atoms with E-state index in [1.165, 1.54) is 12.1 Å². The van der Waals surface area contributed by atoms with E-state index >= 15 is 0 Å². The number of fused-ring (bicyclic) bond motifs is 3. The van der Waals surface area contributed by atoms with Crippen molar-refractivity contribution in [1.29, 1.82) is 0 Å². The van der Waals surface area contributed by atoms with Gasteiger partial charge < -0.3 is 15.2 Å². The van der Waals surface area contributed by atoms with Crippen molar-refractivity contribution in [2.45, 2.75) is 13.1 Å². The smallest absolute Gasteiger partial charge is 0.342 e. The van der Waals surface area contributed by atoms with Crippen LogP contribution in [0.3, 0.4) is 0 Å². The van der Waals surface area contributed by atoms with Gasteiger partial charge in [0, 0.05) is 40.9 Å². The minimum Gasteiger partial charge on any atom is -0.342 e. The van der Waals surface area contributed by atoms with Gasteiger partial charge in [0.1, 0.15) is 0 Å². The second-order valence-electron chi connectivity index (χ2n) is 6.74. The van der Waals surface area contributed by atoms with Crippen LogP contribution in [0.4, 0.5) is 24.5 Å². The maximum absolute atomic E-state index is 12.7. The Morgan fingerprint density at radius 1 is 0.966 bits per heavy atom. The lowest BCUT2D eigenvalue weighted by molar-refractivity contribution is -0.137. The van der Waals surface area contributed by atoms with Crippen molar-refractivity contribution >= 4 is 50.5 Å². The Hall–Kier alpha value is -3.13. The minimum atomic E-state index is -4.36. The van der Waals surface area contributed by atoms with Gasteiger partial charge in [-0.3, -0.25) is 4.98 Å². The molecule has 29 heavy (non-hydrogen) atoms. The average Bonchev–Trinajstić information content (AvgIpc) is 2.94. The standard InChI is InChI=1S/C21H17F3N4S/c1-12-19-16(9-10-25-12)17-11-15(7-8-18(17)28(19)2)27-20(29)26-14-5-3-13(4-6-14)21(22,23)24/h3-11H,1-2H3,(H2,26,27,29). The predicted octanol–water partition coefficient (Wildman–Crippen LogP) is 5.86. The van der Waals surface area contributed by atoms with Crippen LogP contribution in [0.25, 0.3) is 21.8 Å². The Balaban J connectivity index is 1.57. The van der Waals surface area contributed by atoms with Gasteiger partial charge in [0.25, 0.3) is 0 Å². The summed E-state index contributed by atoms with van der Waals surface area (Å²) in [7, 11) is 2.00. The van der Waals surface area contributed by atoms with Crippen molar-refractivity contribution in [3.63, 3.8) is 0 Å². The molecule has 2 aromatic carbocycles. The second kappa shape index (κ2) is 7.04. The first-order chi connectivity index (χ1) is 13.7. The van der Waals surface area contributed by atoms with E-state index in [2.05, 4.69) is 20.2 Å². The fourth-order valence-corrected chi connectivity index (χ4v) is 3.71. The van der Waals surface area contributed by atoms with E-state index in [1.54, 1.807) is 6.20 Å². The molecule has 8 heteroatoms. The van der Waals surface area contributed by atoms with Crippen molar-refractivity contribution in [2.75, 3.05) is 10.6 Å². The summed E-state index contributed by atoms with van der Waals surface area (Å²) in [4.78, 5) is 4.36. The predicted molar refractivity (Wildman–Crippen MR) is 114 cm³/mol. The van der Waals surface area contributed by atoms with Gasteiger partial charge in [0.05, 0.1) is 16.8 Å². The number of hydrogen-bond donors (Lipinski definition) is 2.